The van der Waals surface area contributed by atoms with Crippen LogP contribution >= 0.6 is 0 Å². The second-order valence-corrected chi connectivity index (χ2v) is 4.93. The molecule has 16 heavy (non-hydrogen) atoms. The van der Waals surface area contributed by atoms with Crippen molar-refractivity contribution in [1.82, 2.24) is 5.32 Å². The van der Waals surface area contributed by atoms with Gasteiger partial charge in [-0.15, -0.1) is 0 Å². The lowest BCUT2D eigenvalue weighted by atomic mass is 9.80. The molecule has 0 aliphatic heterocycles. The monoisotopic (exact) mass is 221 g/mol. The molecule has 1 saturated carbocycles. The van der Waals surface area contributed by atoms with Gasteiger partial charge in [0, 0.05) is 12.6 Å². The zero-order valence-electron chi connectivity index (χ0n) is 10.1. The van der Waals surface area contributed by atoms with Gasteiger partial charge in [-0.1, -0.05) is 12.5 Å². The van der Waals surface area contributed by atoms with Crippen molar-refractivity contribution in [3.63, 3.8) is 0 Å². The second-order valence-electron chi connectivity index (χ2n) is 4.93. The first-order chi connectivity index (χ1) is 7.66. The second kappa shape index (κ2) is 4.96. The summed E-state index contributed by atoms with van der Waals surface area (Å²) in [6, 6.07) is 5.56. The molecule has 0 bridgehead atoms. The highest BCUT2D eigenvalue weighted by Gasteiger charge is 2.23. The Morgan fingerprint density at radius 1 is 1.44 bits per heavy atom. The summed E-state index contributed by atoms with van der Waals surface area (Å²) in [5.41, 5.74) is 2.24. The van der Waals surface area contributed by atoms with Crippen LogP contribution in [0.4, 0.5) is 4.39 Å². The summed E-state index contributed by atoms with van der Waals surface area (Å²) in [6.07, 6.45) is 4.06. The number of hydrogen-bond donors (Lipinski definition) is 1. The molecule has 2 heteroatoms. The molecule has 0 radical (unpaired) electrons. The minimum Gasteiger partial charge on any atom is -0.310 e. The highest BCUT2D eigenvalue weighted by molar-refractivity contribution is 5.26. The molecule has 1 aliphatic carbocycles. The van der Waals surface area contributed by atoms with E-state index in [0.717, 1.165) is 23.6 Å². The van der Waals surface area contributed by atoms with Gasteiger partial charge in [0.1, 0.15) is 5.82 Å². The van der Waals surface area contributed by atoms with Crippen LogP contribution in [-0.2, 0) is 6.54 Å². The molecule has 0 heterocycles. The van der Waals surface area contributed by atoms with Crippen LogP contribution in [0.2, 0.25) is 0 Å². The summed E-state index contributed by atoms with van der Waals surface area (Å²) in [6.45, 7) is 5.05. The number of benzene rings is 1. The van der Waals surface area contributed by atoms with Crippen molar-refractivity contribution in [1.29, 1.82) is 0 Å². The Balaban J connectivity index is 1.90. The smallest absolute Gasteiger partial charge is 0.123 e. The first-order valence-corrected chi connectivity index (χ1v) is 6.15. The van der Waals surface area contributed by atoms with E-state index in [4.69, 9.17) is 0 Å². The van der Waals surface area contributed by atoms with Gasteiger partial charge in [0.15, 0.2) is 0 Å². The van der Waals surface area contributed by atoms with Crippen molar-refractivity contribution in [2.45, 2.75) is 45.7 Å². The average molecular weight is 221 g/mol. The lowest BCUT2D eigenvalue weighted by Crippen LogP contribution is -2.36. The fourth-order valence-electron chi connectivity index (χ4n) is 2.21. The summed E-state index contributed by atoms with van der Waals surface area (Å²) in [4.78, 5) is 0. The molecule has 0 amide bonds. The highest BCUT2D eigenvalue weighted by atomic mass is 19.1. The molecule has 0 saturated heterocycles. The summed E-state index contributed by atoms with van der Waals surface area (Å²) in [5, 5.41) is 3.50. The van der Waals surface area contributed by atoms with Crippen molar-refractivity contribution in [3.8, 4) is 0 Å². The van der Waals surface area contributed by atoms with Crippen LogP contribution in [0.3, 0.4) is 0 Å². The maximum Gasteiger partial charge on any atom is 0.123 e. The zero-order valence-corrected chi connectivity index (χ0v) is 10.1. The predicted molar refractivity (Wildman–Crippen MR) is 64.8 cm³/mol. The molecule has 1 atom stereocenters. The van der Waals surface area contributed by atoms with Gasteiger partial charge in [-0.25, -0.2) is 4.39 Å². The third-order valence-corrected chi connectivity index (χ3v) is 3.78. The van der Waals surface area contributed by atoms with Crippen LogP contribution in [0.1, 0.15) is 37.3 Å². The van der Waals surface area contributed by atoms with Crippen molar-refractivity contribution >= 4 is 0 Å². The molecular weight excluding hydrogens is 201 g/mol. The minimum absolute atomic E-state index is 0.140. The van der Waals surface area contributed by atoms with E-state index in [1.165, 1.54) is 25.3 Å². The molecule has 0 aromatic heterocycles. The lowest BCUT2D eigenvalue weighted by Gasteiger charge is -2.32. The standard InChI is InChI=1S/C14H20FN/c1-10-6-7-14(15)8-13(10)9-16-11(2)12-4-3-5-12/h6-8,11-12,16H,3-5,9H2,1-2H3. The molecule has 2 rings (SSSR count). The van der Waals surface area contributed by atoms with Crippen LogP contribution in [0.25, 0.3) is 0 Å². The number of halogens is 1. The number of aryl methyl sites for hydroxylation is 1. The van der Waals surface area contributed by atoms with E-state index in [1.807, 2.05) is 13.0 Å². The topological polar surface area (TPSA) is 12.0 Å². The first-order valence-electron chi connectivity index (χ1n) is 6.15. The van der Waals surface area contributed by atoms with Gasteiger partial charge in [0.25, 0.3) is 0 Å². The predicted octanol–water partition coefficient (Wildman–Crippen LogP) is 3.41. The van der Waals surface area contributed by atoms with Gasteiger partial charge in [0.2, 0.25) is 0 Å². The molecule has 1 nitrogen and oxygen atoms in total. The van der Waals surface area contributed by atoms with Crippen molar-refractivity contribution < 1.29 is 4.39 Å². The van der Waals surface area contributed by atoms with Gasteiger partial charge in [-0.3, -0.25) is 0 Å². The van der Waals surface area contributed by atoms with Gasteiger partial charge in [-0.05, 0) is 55.9 Å². The summed E-state index contributed by atoms with van der Waals surface area (Å²) < 4.78 is 13.1. The Bertz CT molecular complexity index is 358. The van der Waals surface area contributed by atoms with E-state index >= 15 is 0 Å². The maximum atomic E-state index is 13.1. The fraction of sp³-hybridized carbons (Fsp3) is 0.571. The fourth-order valence-corrected chi connectivity index (χ4v) is 2.21. The van der Waals surface area contributed by atoms with Gasteiger partial charge in [-0.2, -0.15) is 0 Å². The van der Waals surface area contributed by atoms with Crippen LogP contribution in [0.15, 0.2) is 18.2 Å². The largest absolute Gasteiger partial charge is 0.310 e. The Hall–Kier alpha value is -0.890. The van der Waals surface area contributed by atoms with Crippen molar-refractivity contribution in [2.75, 3.05) is 0 Å². The van der Waals surface area contributed by atoms with E-state index < -0.39 is 0 Å². The maximum absolute atomic E-state index is 13.1. The third kappa shape index (κ3) is 2.62. The van der Waals surface area contributed by atoms with Crippen molar-refractivity contribution in [3.05, 3.63) is 35.1 Å². The van der Waals surface area contributed by atoms with Gasteiger partial charge >= 0.3 is 0 Å². The molecule has 88 valence electrons. The van der Waals surface area contributed by atoms with E-state index in [0.29, 0.717) is 6.04 Å². The number of hydrogen-bond acceptors (Lipinski definition) is 1. The average Bonchev–Trinajstić information content (AvgIpc) is 2.17. The highest BCUT2D eigenvalue weighted by Crippen LogP contribution is 2.29. The van der Waals surface area contributed by atoms with Crippen LogP contribution in [-0.4, -0.2) is 6.04 Å². The molecule has 1 unspecified atom stereocenters. The van der Waals surface area contributed by atoms with E-state index in [-0.39, 0.29) is 5.82 Å². The van der Waals surface area contributed by atoms with Gasteiger partial charge in [0.05, 0.1) is 0 Å². The van der Waals surface area contributed by atoms with Crippen LogP contribution in [0.5, 0.6) is 0 Å². The van der Waals surface area contributed by atoms with Gasteiger partial charge < -0.3 is 5.32 Å². The number of rotatable bonds is 4. The third-order valence-electron chi connectivity index (χ3n) is 3.78. The SMILES string of the molecule is Cc1ccc(F)cc1CNC(C)C1CCC1. The Labute approximate surface area is 97.1 Å². The van der Waals surface area contributed by atoms with E-state index in [2.05, 4.69) is 12.2 Å². The minimum atomic E-state index is -0.140. The summed E-state index contributed by atoms with van der Waals surface area (Å²) in [7, 11) is 0. The van der Waals surface area contributed by atoms with E-state index in [1.54, 1.807) is 6.07 Å². The molecule has 1 aromatic rings. The van der Waals surface area contributed by atoms with E-state index in [9.17, 15) is 4.39 Å². The Kier molecular flexibility index (Phi) is 3.59. The molecule has 1 N–H and O–H groups in total. The first kappa shape index (κ1) is 11.6. The molecule has 0 spiro atoms. The summed E-state index contributed by atoms with van der Waals surface area (Å²) >= 11 is 0. The van der Waals surface area contributed by atoms with Crippen LogP contribution < -0.4 is 5.32 Å². The lowest BCUT2D eigenvalue weighted by molar-refractivity contribution is 0.240. The zero-order chi connectivity index (χ0) is 11.5. The van der Waals surface area contributed by atoms with Crippen molar-refractivity contribution in [2.24, 2.45) is 5.92 Å². The Morgan fingerprint density at radius 3 is 2.81 bits per heavy atom. The summed E-state index contributed by atoms with van der Waals surface area (Å²) in [5.74, 6) is 0.688. The molecule has 1 aromatic carbocycles. The Morgan fingerprint density at radius 2 is 2.19 bits per heavy atom. The number of nitrogens with one attached hydrogen (secondary N) is 1. The quantitative estimate of drug-likeness (QED) is 0.821. The normalized spacial score (nSPS) is 18.2. The molecule has 1 aliphatic rings. The molecular formula is C14H20FN. The van der Waals surface area contributed by atoms with Crippen LogP contribution in [0, 0.1) is 18.7 Å². The molecule has 1 fully saturated rings.